The van der Waals surface area contributed by atoms with E-state index in [-0.39, 0.29) is 36.8 Å². The summed E-state index contributed by atoms with van der Waals surface area (Å²) in [6.45, 7) is 5.66. The Hall–Kier alpha value is -2.67. The first-order valence-electron chi connectivity index (χ1n) is 10.5. The largest absolute Gasteiger partial charge is 0.395 e. The molecule has 7 heteroatoms. The number of nitrogens with one attached hydrogen (secondary N) is 2. The molecule has 2 aliphatic rings. The van der Waals surface area contributed by atoms with Gasteiger partial charge >= 0.3 is 0 Å². The highest BCUT2D eigenvalue weighted by Gasteiger charge is 2.56. The number of anilines is 1. The highest BCUT2D eigenvalue weighted by Crippen LogP contribution is 2.45. The number of aliphatic hydroxyl groups excluding tert-OH is 1. The van der Waals surface area contributed by atoms with Crippen molar-refractivity contribution in [2.45, 2.75) is 33.2 Å². The van der Waals surface area contributed by atoms with Crippen LogP contribution in [0.4, 0.5) is 5.69 Å². The minimum Gasteiger partial charge on any atom is -0.395 e. The number of rotatable bonds is 6. The second-order valence-corrected chi connectivity index (χ2v) is 8.21. The fourth-order valence-electron chi connectivity index (χ4n) is 4.84. The molecule has 1 aliphatic carbocycles. The molecule has 7 nitrogen and oxygen atoms in total. The lowest BCUT2D eigenvalue weighted by Crippen LogP contribution is -2.45. The van der Waals surface area contributed by atoms with E-state index in [9.17, 15) is 19.5 Å². The summed E-state index contributed by atoms with van der Waals surface area (Å²) >= 11 is 0. The van der Waals surface area contributed by atoms with Crippen molar-refractivity contribution in [1.29, 1.82) is 0 Å². The van der Waals surface area contributed by atoms with Gasteiger partial charge in [-0.25, -0.2) is 0 Å². The summed E-state index contributed by atoms with van der Waals surface area (Å²) in [4.78, 5) is 40.8. The first-order valence-corrected chi connectivity index (χ1v) is 10.5. The molecule has 0 spiro atoms. The number of benzene rings is 1. The molecule has 1 saturated heterocycles. The van der Waals surface area contributed by atoms with Gasteiger partial charge in [-0.1, -0.05) is 31.2 Å². The van der Waals surface area contributed by atoms with Crippen LogP contribution >= 0.6 is 0 Å². The van der Waals surface area contributed by atoms with E-state index in [2.05, 4.69) is 10.6 Å². The van der Waals surface area contributed by atoms with Crippen molar-refractivity contribution < 1.29 is 19.5 Å². The van der Waals surface area contributed by atoms with Crippen LogP contribution in [-0.4, -0.2) is 54.0 Å². The molecule has 1 aliphatic heterocycles. The van der Waals surface area contributed by atoms with E-state index in [0.29, 0.717) is 5.69 Å². The predicted octanol–water partition coefficient (Wildman–Crippen LogP) is 1.64. The van der Waals surface area contributed by atoms with Crippen LogP contribution in [0.1, 0.15) is 24.5 Å². The van der Waals surface area contributed by atoms with E-state index in [1.54, 1.807) is 7.05 Å². The van der Waals surface area contributed by atoms with E-state index in [4.69, 9.17) is 0 Å². The Bertz CT molecular complexity index is 866. The van der Waals surface area contributed by atoms with Crippen LogP contribution in [0.5, 0.6) is 0 Å². The molecular formula is C23H31N3O4. The van der Waals surface area contributed by atoms with Crippen molar-refractivity contribution in [2.24, 2.45) is 23.7 Å². The SMILES string of the molecule is CC[C@@H]1C=C[C@H]2[C@@H](C(=O)N(CCO)[C@@H]2C(=O)Nc2cc(C)ccc2C)[C@@H]1C(=O)NC. The van der Waals surface area contributed by atoms with E-state index in [0.717, 1.165) is 17.5 Å². The van der Waals surface area contributed by atoms with Crippen LogP contribution in [-0.2, 0) is 14.4 Å². The minimum atomic E-state index is -0.768. The number of carbonyl (C=O) groups excluding carboxylic acids is 3. The van der Waals surface area contributed by atoms with Gasteiger partial charge in [-0.2, -0.15) is 0 Å². The topological polar surface area (TPSA) is 98.7 Å². The number of likely N-dealkylation sites (tertiary alicyclic amines) is 1. The molecule has 5 atom stereocenters. The number of hydrogen-bond acceptors (Lipinski definition) is 4. The first-order chi connectivity index (χ1) is 14.3. The zero-order chi connectivity index (χ0) is 22.0. The lowest BCUT2D eigenvalue weighted by atomic mass is 9.69. The Kier molecular flexibility index (Phi) is 6.61. The number of aliphatic hydroxyl groups is 1. The highest BCUT2D eigenvalue weighted by atomic mass is 16.3. The van der Waals surface area contributed by atoms with Crippen LogP contribution in [0.15, 0.2) is 30.4 Å². The molecule has 3 rings (SSSR count). The maximum absolute atomic E-state index is 13.3. The Morgan fingerprint density at radius 1 is 1.17 bits per heavy atom. The van der Waals surface area contributed by atoms with Crippen molar-refractivity contribution in [3.05, 3.63) is 41.5 Å². The second-order valence-electron chi connectivity index (χ2n) is 8.21. The second kappa shape index (κ2) is 9.00. The Labute approximate surface area is 177 Å². The zero-order valence-electron chi connectivity index (χ0n) is 18.0. The van der Waals surface area contributed by atoms with E-state index in [1.165, 1.54) is 4.90 Å². The third kappa shape index (κ3) is 3.86. The quantitative estimate of drug-likeness (QED) is 0.618. The summed E-state index contributed by atoms with van der Waals surface area (Å²) in [6.07, 6.45) is 4.61. The van der Waals surface area contributed by atoms with E-state index in [1.807, 2.05) is 51.1 Å². The Morgan fingerprint density at radius 2 is 1.90 bits per heavy atom. The molecule has 162 valence electrons. The molecule has 1 aromatic carbocycles. The van der Waals surface area contributed by atoms with Crippen molar-refractivity contribution in [3.8, 4) is 0 Å². The number of allylic oxidation sites excluding steroid dienone is 1. The van der Waals surface area contributed by atoms with Crippen LogP contribution < -0.4 is 10.6 Å². The number of hydrogen-bond donors (Lipinski definition) is 3. The van der Waals surface area contributed by atoms with Crippen LogP contribution in [0, 0.1) is 37.5 Å². The molecule has 1 fully saturated rings. The Balaban J connectivity index is 1.98. The summed E-state index contributed by atoms with van der Waals surface area (Å²) in [6, 6.07) is 5.04. The predicted molar refractivity (Wildman–Crippen MR) is 115 cm³/mol. The van der Waals surface area contributed by atoms with Gasteiger partial charge in [0.1, 0.15) is 6.04 Å². The molecule has 0 unspecified atom stereocenters. The van der Waals surface area contributed by atoms with Gasteiger partial charge in [0.25, 0.3) is 0 Å². The van der Waals surface area contributed by atoms with E-state index < -0.39 is 23.8 Å². The lowest BCUT2D eigenvalue weighted by molar-refractivity contribution is -0.140. The maximum atomic E-state index is 13.3. The maximum Gasteiger partial charge on any atom is 0.247 e. The molecule has 30 heavy (non-hydrogen) atoms. The average Bonchev–Trinajstić information content (AvgIpc) is 3.01. The molecule has 0 saturated carbocycles. The third-order valence-electron chi connectivity index (χ3n) is 6.39. The van der Waals surface area contributed by atoms with Crippen LogP contribution in [0.3, 0.4) is 0 Å². The van der Waals surface area contributed by atoms with Crippen molar-refractivity contribution in [3.63, 3.8) is 0 Å². The number of β-amino-alcohol motifs (C(OH)–C–C–N with tert-alkyl or cyclic N) is 1. The molecule has 0 aromatic heterocycles. The van der Waals surface area contributed by atoms with Gasteiger partial charge < -0.3 is 20.6 Å². The number of amides is 3. The van der Waals surface area contributed by atoms with Gasteiger partial charge in [-0.15, -0.1) is 0 Å². The van der Waals surface area contributed by atoms with Crippen LogP contribution in [0.2, 0.25) is 0 Å². The normalized spacial score (nSPS) is 27.7. The highest BCUT2D eigenvalue weighted by molar-refractivity contribution is 6.02. The van der Waals surface area contributed by atoms with E-state index >= 15 is 0 Å². The molecule has 1 heterocycles. The zero-order valence-corrected chi connectivity index (χ0v) is 18.0. The summed E-state index contributed by atoms with van der Waals surface area (Å²) in [5.74, 6) is -2.34. The number of aryl methyl sites for hydroxylation is 2. The monoisotopic (exact) mass is 413 g/mol. The smallest absolute Gasteiger partial charge is 0.247 e. The number of fused-ring (bicyclic) bond motifs is 1. The average molecular weight is 414 g/mol. The summed E-state index contributed by atoms with van der Waals surface area (Å²) < 4.78 is 0. The third-order valence-corrected chi connectivity index (χ3v) is 6.39. The minimum absolute atomic E-state index is 0.0574. The van der Waals surface area contributed by atoms with Crippen molar-refractivity contribution in [1.82, 2.24) is 10.2 Å². The fraction of sp³-hybridized carbons (Fsp3) is 0.522. The van der Waals surface area contributed by atoms with Gasteiger partial charge in [0, 0.05) is 25.2 Å². The molecule has 1 aromatic rings. The van der Waals surface area contributed by atoms with Crippen molar-refractivity contribution >= 4 is 23.4 Å². The van der Waals surface area contributed by atoms with Crippen molar-refractivity contribution in [2.75, 3.05) is 25.5 Å². The molecular weight excluding hydrogens is 382 g/mol. The van der Waals surface area contributed by atoms with Gasteiger partial charge in [0.15, 0.2) is 0 Å². The standard InChI is InChI=1S/C23H31N3O4/c1-5-15-8-9-16-19(18(15)21(28)24-4)23(30)26(10-11-27)20(16)22(29)25-17-12-13(2)6-7-14(17)3/h6-9,12,15-16,18-20,27H,5,10-11H2,1-4H3,(H,24,28)(H,25,29)/t15-,16+,18-,19-,20+/m1/s1. The number of nitrogens with zero attached hydrogens (tertiary/aromatic N) is 1. The summed E-state index contributed by atoms with van der Waals surface area (Å²) in [7, 11) is 1.57. The molecule has 3 amide bonds. The van der Waals surface area contributed by atoms with Gasteiger partial charge in [-0.3, -0.25) is 14.4 Å². The first kappa shape index (κ1) is 22.0. The van der Waals surface area contributed by atoms with Gasteiger partial charge in [0.05, 0.1) is 18.4 Å². The fourth-order valence-corrected chi connectivity index (χ4v) is 4.84. The lowest BCUT2D eigenvalue weighted by Gasteiger charge is -2.33. The van der Waals surface area contributed by atoms with Crippen LogP contribution in [0.25, 0.3) is 0 Å². The number of carbonyl (C=O) groups is 3. The summed E-state index contributed by atoms with van der Waals surface area (Å²) in [5, 5.41) is 15.2. The molecule has 3 N–H and O–H groups in total. The molecule has 0 radical (unpaired) electrons. The molecule has 0 bridgehead atoms. The summed E-state index contributed by atoms with van der Waals surface area (Å²) in [5.41, 5.74) is 2.65. The Morgan fingerprint density at radius 3 is 2.53 bits per heavy atom. The van der Waals surface area contributed by atoms with Gasteiger partial charge in [-0.05, 0) is 43.4 Å². The van der Waals surface area contributed by atoms with Gasteiger partial charge in [0.2, 0.25) is 17.7 Å².